The largest absolute Gasteiger partial charge is 0.469 e. The molecular weight excluding hydrogens is 182 g/mol. The van der Waals surface area contributed by atoms with E-state index in [0.29, 0.717) is 11.6 Å². The summed E-state index contributed by atoms with van der Waals surface area (Å²) in [5.41, 5.74) is 0.723. The molecule has 0 spiro atoms. The fourth-order valence-corrected chi connectivity index (χ4v) is 1.37. The second kappa shape index (κ2) is 3.26. The van der Waals surface area contributed by atoms with Crippen molar-refractivity contribution in [2.75, 3.05) is 0 Å². The average Bonchev–Trinajstić information content (AvgIpc) is 2.73. The molecule has 0 aliphatic carbocycles. The van der Waals surface area contributed by atoms with Gasteiger partial charge in [-0.25, -0.2) is 4.98 Å². The Morgan fingerprint density at radius 2 is 2.36 bits per heavy atom. The monoisotopic (exact) mass is 193 g/mol. The third-order valence-electron chi connectivity index (χ3n) is 2.18. The number of furan rings is 1. The highest BCUT2D eigenvalue weighted by Gasteiger charge is 2.18. The minimum atomic E-state index is -0.777. The minimum absolute atomic E-state index is 0.509. The Labute approximate surface area is 81.0 Å². The van der Waals surface area contributed by atoms with Gasteiger partial charge in [-0.3, -0.25) is 4.68 Å². The summed E-state index contributed by atoms with van der Waals surface area (Å²) in [6, 6.07) is 1.73. The van der Waals surface area contributed by atoms with Crippen LogP contribution in [0.4, 0.5) is 0 Å². The third kappa shape index (κ3) is 1.31. The van der Waals surface area contributed by atoms with Gasteiger partial charge in [-0.2, -0.15) is 5.10 Å². The van der Waals surface area contributed by atoms with Gasteiger partial charge in [0.25, 0.3) is 0 Å². The van der Waals surface area contributed by atoms with Crippen molar-refractivity contribution in [2.45, 2.75) is 13.0 Å². The topological polar surface area (TPSA) is 64.1 Å². The molecule has 0 saturated carbocycles. The molecule has 74 valence electrons. The van der Waals surface area contributed by atoms with Crippen LogP contribution < -0.4 is 0 Å². The Morgan fingerprint density at radius 3 is 2.86 bits per heavy atom. The highest BCUT2D eigenvalue weighted by Crippen LogP contribution is 2.23. The van der Waals surface area contributed by atoms with E-state index < -0.39 is 6.10 Å². The number of aryl methyl sites for hydroxylation is 2. The summed E-state index contributed by atoms with van der Waals surface area (Å²) in [5, 5.41) is 13.8. The summed E-state index contributed by atoms with van der Waals surface area (Å²) >= 11 is 0. The molecule has 2 aromatic rings. The van der Waals surface area contributed by atoms with E-state index in [1.165, 1.54) is 11.0 Å². The summed E-state index contributed by atoms with van der Waals surface area (Å²) in [6.07, 6.45) is 2.18. The van der Waals surface area contributed by atoms with E-state index in [9.17, 15) is 5.11 Å². The number of aromatic nitrogens is 3. The lowest BCUT2D eigenvalue weighted by Gasteiger charge is -2.07. The molecule has 0 radical (unpaired) electrons. The molecule has 0 aliphatic rings. The first-order valence-corrected chi connectivity index (χ1v) is 4.26. The molecule has 1 atom stereocenters. The molecule has 1 N–H and O–H groups in total. The maximum absolute atomic E-state index is 9.95. The van der Waals surface area contributed by atoms with Crippen molar-refractivity contribution in [2.24, 2.45) is 7.05 Å². The van der Waals surface area contributed by atoms with Crippen LogP contribution in [0.2, 0.25) is 0 Å². The first-order chi connectivity index (χ1) is 6.70. The standard InChI is InChI=1S/C9H11N3O2/c1-6-7(3-4-14-6)8(13)9-10-5-11-12(9)2/h3-5,8,13H,1-2H3. The van der Waals surface area contributed by atoms with Gasteiger partial charge in [0.1, 0.15) is 18.2 Å². The Kier molecular flexibility index (Phi) is 2.09. The molecule has 0 aromatic carbocycles. The van der Waals surface area contributed by atoms with Crippen molar-refractivity contribution < 1.29 is 9.52 Å². The summed E-state index contributed by atoms with van der Waals surface area (Å²) in [6.45, 7) is 1.80. The van der Waals surface area contributed by atoms with Crippen molar-refractivity contribution in [3.8, 4) is 0 Å². The Bertz CT molecular complexity index is 392. The van der Waals surface area contributed by atoms with Gasteiger partial charge in [0, 0.05) is 12.6 Å². The second-order valence-electron chi connectivity index (χ2n) is 3.08. The van der Waals surface area contributed by atoms with Crippen LogP contribution in [0.15, 0.2) is 23.1 Å². The van der Waals surface area contributed by atoms with Gasteiger partial charge in [0.05, 0.1) is 6.26 Å². The van der Waals surface area contributed by atoms with E-state index in [-0.39, 0.29) is 0 Å². The highest BCUT2D eigenvalue weighted by atomic mass is 16.3. The van der Waals surface area contributed by atoms with Crippen LogP contribution in [0.25, 0.3) is 0 Å². The maximum Gasteiger partial charge on any atom is 0.160 e. The van der Waals surface area contributed by atoms with Crippen LogP contribution in [-0.4, -0.2) is 19.9 Å². The molecule has 0 fully saturated rings. The van der Waals surface area contributed by atoms with E-state index in [4.69, 9.17) is 4.42 Å². The molecule has 0 saturated heterocycles. The SMILES string of the molecule is Cc1occc1C(O)c1ncnn1C. The first kappa shape index (κ1) is 8.96. The number of rotatable bonds is 2. The zero-order chi connectivity index (χ0) is 10.1. The van der Waals surface area contributed by atoms with E-state index >= 15 is 0 Å². The number of aliphatic hydroxyl groups is 1. The van der Waals surface area contributed by atoms with Crippen LogP contribution in [0.3, 0.4) is 0 Å². The lowest BCUT2D eigenvalue weighted by molar-refractivity contribution is 0.202. The molecule has 1 unspecified atom stereocenters. The number of hydrogen-bond acceptors (Lipinski definition) is 4. The molecule has 0 bridgehead atoms. The number of nitrogens with zero attached hydrogens (tertiary/aromatic N) is 3. The fraction of sp³-hybridized carbons (Fsp3) is 0.333. The van der Waals surface area contributed by atoms with Crippen LogP contribution in [-0.2, 0) is 7.05 Å². The maximum atomic E-state index is 9.95. The Balaban J connectivity index is 2.38. The highest BCUT2D eigenvalue weighted by molar-refractivity contribution is 5.23. The average molecular weight is 193 g/mol. The lowest BCUT2D eigenvalue weighted by atomic mass is 10.1. The molecule has 5 heteroatoms. The number of aliphatic hydroxyl groups excluding tert-OH is 1. The normalized spacial score (nSPS) is 13.1. The van der Waals surface area contributed by atoms with Crippen LogP contribution in [0, 0.1) is 6.92 Å². The van der Waals surface area contributed by atoms with Gasteiger partial charge in [0.2, 0.25) is 0 Å². The molecule has 2 heterocycles. The van der Waals surface area contributed by atoms with Crippen molar-refractivity contribution in [1.82, 2.24) is 14.8 Å². The van der Waals surface area contributed by atoms with E-state index in [2.05, 4.69) is 10.1 Å². The van der Waals surface area contributed by atoms with E-state index in [0.717, 1.165) is 5.56 Å². The Hall–Kier alpha value is -1.62. The zero-order valence-electron chi connectivity index (χ0n) is 8.01. The summed E-state index contributed by atoms with van der Waals surface area (Å²) in [4.78, 5) is 3.97. The van der Waals surface area contributed by atoms with Crippen molar-refractivity contribution in [1.29, 1.82) is 0 Å². The molecule has 0 aliphatic heterocycles. The predicted octanol–water partition coefficient (Wildman–Crippen LogP) is 0.798. The van der Waals surface area contributed by atoms with Crippen molar-refractivity contribution >= 4 is 0 Å². The van der Waals surface area contributed by atoms with E-state index in [1.807, 2.05) is 0 Å². The number of hydrogen-bond donors (Lipinski definition) is 1. The second-order valence-corrected chi connectivity index (χ2v) is 3.08. The lowest BCUT2D eigenvalue weighted by Crippen LogP contribution is -2.08. The predicted molar refractivity (Wildman–Crippen MR) is 48.5 cm³/mol. The quantitative estimate of drug-likeness (QED) is 0.766. The van der Waals surface area contributed by atoms with Gasteiger partial charge in [0.15, 0.2) is 5.82 Å². The van der Waals surface area contributed by atoms with E-state index in [1.54, 1.807) is 26.3 Å². The van der Waals surface area contributed by atoms with Crippen molar-refractivity contribution in [3.05, 3.63) is 35.8 Å². The molecule has 0 amide bonds. The molecular formula is C9H11N3O2. The van der Waals surface area contributed by atoms with Crippen LogP contribution in [0.1, 0.15) is 23.3 Å². The summed E-state index contributed by atoms with van der Waals surface area (Å²) < 4.78 is 6.64. The molecule has 2 aromatic heterocycles. The third-order valence-corrected chi connectivity index (χ3v) is 2.18. The summed E-state index contributed by atoms with van der Waals surface area (Å²) in [5.74, 6) is 1.20. The van der Waals surface area contributed by atoms with Gasteiger partial charge >= 0.3 is 0 Å². The fourth-order valence-electron chi connectivity index (χ4n) is 1.37. The molecule has 2 rings (SSSR count). The van der Waals surface area contributed by atoms with Gasteiger partial charge < -0.3 is 9.52 Å². The van der Waals surface area contributed by atoms with Crippen molar-refractivity contribution in [3.63, 3.8) is 0 Å². The van der Waals surface area contributed by atoms with Gasteiger partial charge in [-0.1, -0.05) is 0 Å². The van der Waals surface area contributed by atoms with Gasteiger partial charge in [-0.15, -0.1) is 0 Å². The minimum Gasteiger partial charge on any atom is -0.469 e. The van der Waals surface area contributed by atoms with Crippen LogP contribution in [0.5, 0.6) is 0 Å². The zero-order valence-corrected chi connectivity index (χ0v) is 8.01. The molecule has 14 heavy (non-hydrogen) atoms. The summed E-state index contributed by atoms with van der Waals surface area (Å²) in [7, 11) is 1.74. The smallest absolute Gasteiger partial charge is 0.160 e. The van der Waals surface area contributed by atoms with Gasteiger partial charge in [-0.05, 0) is 13.0 Å². The molecule has 5 nitrogen and oxygen atoms in total. The Morgan fingerprint density at radius 1 is 1.57 bits per heavy atom. The first-order valence-electron chi connectivity index (χ1n) is 4.26. The van der Waals surface area contributed by atoms with Crippen LogP contribution >= 0.6 is 0 Å².